The van der Waals surface area contributed by atoms with Crippen molar-refractivity contribution >= 4 is 51.6 Å². The van der Waals surface area contributed by atoms with E-state index in [2.05, 4.69) is 5.32 Å². The monoisotopic (exact) mass is 333 g/mol. The molecule has 5 nitrogen and oxygen atoms in total. The number of Topliss-reactive ketones (excluding diaryl/α,β-unsaturated/α-hetero) is 1. The summed E-state index contributed by atoms with van der Waals surface area (Å²) in [5.74, 6) is -0.210. The van der Waals surface area contributed by atoms with Crippen molar-refractivity contribution in [2.75, 3.05) is 22.7 Å². The molecular formula is C12H12ClNO4S2. The van der Waals surface area contributed by atoms with Gasteiger partial charge >= 0.3 is 5.97 Å². The standard InChI is InChI=1S/C12H12ClNO4S2/c13-8-4-9-11(20(18)6-14-9)3-7(8)10(15)5-19-2-1-12(16)17/h3-4,14H,1-2,5-6H2,(H,16,17). The van der Waals surface area contributed by atoms with E-state index >= 15 is 0 Å². The largest absolute Gasteiger partial charge is 0.481 e. The molecule has 8 heteroatoms. The average Bonchev–Trinajstić information content (AvgIpc) is 2.74. The highest BCUT2D eigenvalue weighted by atomic mass is 35.5. The van der Waals surface area contributed by atoms with Crippen molar-refractivity contribution in [3.63, 3.8) is 0 Å². The molecule has 1 aliphatic rings. The van der Waals surface area contributed by atoms with E-state index in [1.54, 1.807) is 12.1 Å². The molecule has 1 unspecified atom stereocenters. The van der Waals surface area contributed by atoms with Crippen molar-refractivity contribution in [1.29, 1.82) is 0 Å². The van der Waals surface area contributed by atoms with Gasteiger partial charge in [0.05, 0.1) is 44.5 Å². The number of rotatable bonds is 6. The number of ketones is 1. The molecule has 0 radical (unpaired) electrons. The second-order valence-corrected chi connectivity index (χ2v) is 7.05. The van der Waals surface area contributed by atoms with Crippen LogP contribution >= 0.6 is 23.4 Å². The number of thioether (sulfide) groups is 1. The lowest BCUT2D eigenvalue weighted by Crippen LogP contribution is -2.06. The number of anilines is 1. The fourth-order valence-electron chi connectivity index (χ4n) is 1.72. The molecule has 2 rings (SSSR count). The number of aliphatic carboxylic acids is 1. The second-order valence-electron chi connectivity index (χ2n) is 4.11. The third-order valence-electron chi connectivity index (χ3n) is 2.70. The van der Waals surface area contributed by atoms with Gasteiger partial charge in [-0.25, -0.2) is 0 Å². The first-order valence-electron chi connectivity index (χ1n) is 5.77. The third-order valence-corrected chi connectivity index (χ3v) is 5.21. The minimum Gasteiger partial charge on any atom is -0.481 e. The van der Waals surface area contributed by atoms with Crippen LogP contribution in [0.5, 0.6) is 0 Å². The Balaban J connectivity index is 2.05. The van der Waals surface area contributed by atoms with Crippen molar-refractivity contribution in [2.24, 2.45) is 0 Å². The summed E-state index contributed by atoms with van der Waals surface area (Å²) in [4.78, 5) is 23.0. The maximum Gasteiger partial charge on any atom is 0.304 e. The van der Waals surface area contributed by atoms with E-state index in [0.717, 1.165) is 0 Å². The summed E-state index contributed by atoms with van der Waals surface area (Å²) >= 11 is 7.30. The summed E-state index contributed by atoms with van der Waals surface area (Å²) in [7, 11) is -1.15. The van der Waals surface area contributed by atoms with E-state index in [9.17, 15) is 13.8 Å². The predicted octanol–water partition coefficient (Wildman–Crippen LogP) is 2.22. The van der Waals surface area contributed by atoms with Crippen LogP contribution in [0.2, 0.25) is 5.02 Å². The van der Waals surface area contributed by atoms with Crippen molar-refractivity contribution < 1.29 is 18.9 Å². The zero-order chi connectivity index (χ0) is 14.7. The van der Waals surface area contributed by atoms with Crippen molar-refractivity contribution in [3.05, 3.63) is 22.7 Å². The van der Waals surface area contributed by atoms with Gasteiger partial charge < -0.3 is 10.4 Å². The van der Waals surface area contributed by atoms with E-state index < -0.39 is 16.8 Å². The average molecular weight is 334 g/mol. The minimum absolute atomic E-state index is 0.0177. The van der Waals surface area contributed by atoms with Crippen LogP contribution in [0, 0.1) is 0 Å². The van der Waals surface area contributed by atoms with Crippen LogP contribution in [0.4, 0.5) is 5.69 Å². The lowest BCUT2D eigenvalue weighted by Gasteiger charge is -2.06. The van der Waals surface area contributed by atoms with Gasteiger partial charge in [0.1, 0.15) is 0 Å². The van der Waals surface area contributed by atoms with Gasteiger partial charge in [0.2, 0.25) is 0 Å². The van der Waals surface area contributed by atoms with Gasteiger partial charge in [-0.2, -0.15) is 11.8 Å². The van der Waals surface area contributed by atoms with Gasteiger partial charge in [-0.15, -0.1) is 0 Å². The predicted molar refractivity (Wildman–Crippen MR) is 80.3 cm³/mol. The van der Waals surface area contributed by atoms with Crippen molar-refractivity contribution in [1.82, 2.24) is 0 Å². The molecule has 0 amide bonds. The Kier molecular flexibility index (Phi) is 5.06. The first kappa shape index (κ1) is 15.3. The Hall–Kier alpha value is -1.05. The maximum absolute atomic E-state index is 12.0. The van der Waals surface area contributed by atoms with Gasteiger partial charge in [0, 0.05) is 11.3 Å². The molecule has 1 aromatic rings. The Bertz CT molecular complexity index is 591. The number of benzene rings is 1. The molecular weight excluding hydrogens is 322 g/mol. The smallest absolute Gasteiger partial charge is 0.304 e. The molecule has 1 atom stereocenters. The van der Waals surface area contributed by atoms with Gasteiger partial charge in [-0.05, 0) is 12.1 Å². The fourth-order valence-corrected chi connectivity index (χ4v) is 3.86. The highest BCUT2D eigenvalue weighted by molar-refractivity contribution is 8.00. The highest BCUT2D eigenvalue weighted by Gasteiger charge is 2.22. The van der Waals surface area contributed by atoms with Crippen LogP contribution in [-0.4, -0.2) is 38.5 Å². The quantitative estimate of drug-likeness (QED) is 0.613. The highest BCUT2D eigenvalue weighted by Crippen LogP contribution is 2.32. The summed E-state index contributed by atoms with van der Waals surface area (Å²) in [6, 6.07) is 3.17. The molecule has 0 spiro atoms. The second kappa shape index (κ2) is 6.60. The number of fused-ring (bicyclic) bond motifs is 1. The Morgan fingerprint density at radius 2 is 2.20 bits per heavy atom. The molecule has 2 N–H and O–H groups in total. The van der Waals surface area contributed by atoms with Crippen LogP contribution in [0.1, 0.15) is 16.8 Å². The van der Waals surface area contributed by atoms with E-state index in [1.807, 2.05) is 0 Å². The van der Waals surface area contributed by atoms with E-state index in [-0.39, 0.29) is 18.0 Å². The van der Waals surface area contributed by atoms with Crippen LogP contribution in [0.25, 0.3) is 0 Å². The maximum atomic E-state index is 12.0. The molecule has 20 heavy (non-hydrogen) atoms. The summed E-state index contributed by atoms with van der Waals surface area (Å²) in [6.45, 7) is 0. The topological polar surface area (TPSA) is 83.5 Å². The first-order chi connectivity index (χ1) is 9.49. The lowest BCUT2D eigenvalue weighted by atomic mass is 10.1. The number of hydrogen-bond donors (Lipinski definition) is 2. The molecule has 0 fully saturated rings. The van der Waals surface area contributed by atoms with Gasteiger partial charge in [0.25, 0.3) is 0 Å². The molecule has 0 bridgehead atoms. The van der Waals surface area contributed by atoms with Gasteiger partial charge in [-0.3, -0.25) is 13.8 Å². The summed E-state index contributed by atoms with van der Waals surface area (Å²) in [5, 5.41) is 11.8. The molecule has 0 aliphatic carbocycles. The van der Waals surface area contributed by atoms with E-state index in [1.165, 1.54) is 11.8 Å². The number of halogens is 1. The van der Waals surface area contributed by atoms with Gasteiger partial charge in [0.15, 0.2) is 5.78 Å². The zero-order valence-corrected chi connectivity index (χ0v) is 12.7. The van der Waals surface area contributed by atoms with Gasteiger partial charge in [-0.1, -0.05) is 11.6 Å². The number of hydrogen-bond acceptors (Lipinski definition) is 5. The van der Waals surface area contributed by atoms with E-state index in [0.29, 0.717) is 32.8 Å². The summed E-state index contributed by atoms with van der Waals surface area (Å²) in [6.07, 6.45) is 0.0177. The molecule has 0 saturated carbocycles. The molecule has 1 aliphatic heterocycles. The molecule has 1 aromatic carbocycles. The molecule has 1 heterocycles. The normalized spacial score (nSPS) is 16.6. The van der Waals surface area contributed by atoms with Crippen LogP contribution in [0.15, 0.2) is 17.0 Å². The number of carboxylic acid groups (broad SMARTS) is 1. The SMILES string of the molecule is O=C(O)CCSCC(=O)c1cc2c(cc1Cl)NCS2=O. The number of nitrogens with one attached hydrogen (secondary N) is 1. The molecule has 108 valence electrons. The molecule has 0 aromatic heterocycles. The lowest BCUT2D eigenvalue weighted by molar-refractivity contribution is -0.136. The Labute approximate surface area is 127 Å². The third kappa shape index (κ3) is 3.53. The zero-order valence-electron chi connectivity index (χ0n) is 10.3. The van der Waals surface area contributed by atoms with Crippen LogP contribution in [-0.2, 0) is 15.6 Å². The van der Waals surface area contributed by atoms with Crippen molar-refractivity contribution in [3.8, 4) is 0 Å². The van der Waals surface area contributed by atoms with Crippen LogP contribution in [0.3, 0.4) is 0 Å². The Morgan fingerprint density at radius 1 is 1.45 bits per heavy atom. The van der Waals surface area contributed by atoms with Crippen LogP contribution < -0.4 is 5.32 Å². The van der Waals surface area contributed by atoms with Crippen molar-refractivity contribution in [2.45, 2.75) is 11.3 Å². The fraction of sp³-hybridized carbons (Fsp3) is 0.333. The number of carbonyl (C=O) groups is 2. The minimum atomic E-state index is -1.15. The summed E-state index contributed by atoms with van der Waals surface area (Å²) in [5.41, 5.74) is 1.04. The molecule has 0 saturated heterocycles. The van der Waals surface area contributed by atoms with E-state index in [4.69, 9.17) is 16.7 Å². The summed E-state index contributed by atoms with van der Waals surface area (Å²) < 4.78 is 11.7. The first-order valence-corrected chi connectivity index (χ1v) is 8.62. The number of carbonyl (C=O) groups excluding carboxylic acids is 1. The number of carboxylic acids is 1. The Morgan fingerprint density at radius 3 is 2.90 bits per heavy atom.